The maximum atomic E-state index is 12.6. The molecule has 0 aromatic carbocycles. The molecule has 1 aliphatic heterocycles. The highest BCUT2D eigenvalue weighted by Gasteiger charge is 2.36. The van der Waals surface area contributed by atoms with Crippen LogP contribution in [0.25, 0.3) is 0 Å². The number of nitrogen functional groups attached to an aromatic ring is 1. The van der Waals surface area contributed by atoms with E-state index >= 15 is 0 Å². The molecule has 1 saturated heterocycles. The van der Waals surface area contributed by atoms with Crippen molar-refractivity contribution in [3.8, 4) is 0 Å². The summed E-state index contributed by atoms with van der Waals surface area (Å²) in [5, 5.41) is 4.11. The minimum absolute atomic E-state index is 0.120. The van der Waals surface area contributed by atoms with Crippen LogP contribution >= 0.6 is 0 Å². The highest BCUT2D eigenvalue weighted by molar-refractivity contribution is 6.00. The van der Waals surface area contributed by atoms with Crippen LogP contribution in [0.15, 0.2) is 0 Å². The van der Waals surface area contributed by atoms with Crippen molar-refractivity contribution < 1.29 is 19.1 Å². The predicted molar refractivity (Wildman–Crippen MR) is 70.0 cm³/mol. The van der Waals surface area contributed by atoms with Crippen molar-refractivity contribution in [3.63, 3.8) is 0 Å². The zero-order valence-electron chi connectivity index (χ0n) is 11.8. The van der Waals surface area contributed by atoms with Crippen molar-refractivity contribution in [1.82, 2.24) is 14.7 Å². The summed E-state index contributed by atoms with van der Waals surface area (Å²) < 4.78 is 11.4. The Balaban J connectivity index is 2.32. The number of esters is 1. The van der Waals surface area contributed by atoms with Crippen LogP contribution in [0.4, 0.5) is 5.69 Å². The molecule has 1 amide bonds. The second-order valence-corrected chi connectivity index (χ2v) is 4.58. The summed E-state index contributed by atoms with van der Waals surface area (Å²) in [5.74, 6) is -0.847. The Bertz CT molecular complexity index is 540. The topological polar surface area (TPSA) is 99.7 Å². The molecule has 8 heteroatoms. The molecule has 1 unspecified atom stereocenters. The normalized spacial score (nSPS) is 18.9. The fourth-order valence-electron chi connectivity index (χ4n) is 2.24. The lowest BCUT2D eigenvalue weighted by molar-refractivity contribution is -0.151. The summed E-state index contributed by atoms with van der Waals surface area (Å²) in [6.45, 7) is 2.52. The molecule has 1 aliphatic rings. The quantitative estimate of drug-likeness (QED) is 0.722. The van der Waals surface area contributed by atoms with E-state index in [0.717, 1.165) is 0 Å². The molecule has 0 radical (unpaired) electrons. The molecule has 8 nitrogen and oxygen atoms in total. The summed E-state index contributed by atoms with van der Waals surface area (Å²) in [6.07, 6.45) is 0. The minimum Gasteiger partial charge on any atom is -0.467 e. The van der Waals surface area contributed by atoms with Crippen LogP contribution in [0.1, 0.15) is 16.2 Å². The number of carbonyl (C=O) groups excluding carboxylic acids is 2. The molecule has 2 heterocycles. The number of amides is 1. The highest BCUT2D eigenvalue weighted by Crippen LogP contribution is 2.20. The molecule has 0 spiro atoms. The van der Waals surface area contributed by atoms with Gasteiger partial charge in [0.05, 0.1) is 31.7 Å². The molecule has 1 aromatic heterocycles. The Morgan fingerprint density at radius 1 is 1.50 bits per heavy atom. The SMILES string of the molecule is COC(=O)C1COCCN1C(=O)c1c(N)c(C)nn1C. The Morgan fingerprint density at radius 3 is 2.75 bits per heavy atom. The van der Waals surface area contributed by atoms with Crippen molar-refractivity contribution in [3.05, 3.63) is 11.4 Å². The van der Waals surface area contributed by atoms with Crippen LogP contribution in [0.5, 0.6) is 0 Å². The first-order chi connectivity index (χ1) is 9.47. The van der Waals surface area contributed by atoms with Gasteiger partial charge in [-0.3, -0.25) is 9.48 Å². The number of hydrogen-bond acceptors (Lipinski definition) is 6. The lowest BCUT2D eigenvalue weighted by Gasteiger charge is -2.33. The first-order valence-electron chi connectivity index (χ1n) is 6.23. The van der Waals surface area contributed by atoms with Gasteiger partial charge in [0.25, 0.3) is 5.91 Å². The number of aromatic nitrogens is 2. The molecule has 20 heavy (non-hydrogen) atoms. The molecule has 1 aromatic rings. The molecular formula is C12H18N4O4. The number of carbonyl (C=O) groups is 2. The lowest BCUT2D eigenvalue weighted by atomic mass is 10.2. The first-order valence-corrected chi connectivity index (χ1v) is 6.23. The van der Waals surface area contributed by atoms with E-state index in [9.17, 15) is 9.59 Å². The average Bonchev–Trinajstić information content (AvgIpc) is 2.70. The fraction of sp³-hybridized carbons (Fsp3) is 0.583. The number of anilines is 1. The molecule has 2 N–H and O–H groups in total. The Morgan fingerprint density at radius 2 is 2.20 bits per heavy atom. The van der Waals surface area contributed by atoms with Crippen molar-refractivity contribution >= 4 is 17.6 Å². The third-order valence-corrected chi connectivity index (χ3v) is 3.33. The standard InChI is InChI=1S/C12H18N4O4/c1-7-9(13)10(15(2)14-7)11(17)16-4-5-20-6-8(16)12(18)19-3/h8H,4-6,13H2,1-3H3. The first kappa shape index (κ1) is 14.3. The van der Waals surface area contributed by atoms with E-state index in [1.807, 2.05) is 0 Å². The molecular weight excluding hydrogens is 264 g/mol. The molecule has 1 atom stereocenters. The maximum absolute atomic E-state index is 12.6. The molecule has 0 bridgehead atoms. The van der Waals surface area contributed by atoms with Crippen molar-refractivity contribution in [2.24, 2.45) is 7.05 Å². The van der Waals surface area contributed by atoms with Crippen molar-refractivity contribution in [2.75, 3.05) is 32.6 Å². The largest absolute Gasteiger partial charge is 0.467 e. The summed E-state index contributed by atoms with van der Waals surface area (Å²) in [4.78, 5) is 25.8. The second kappa shape index (κ2) is 5.49. The number of hydrogen-bond donors (Lipinski definition) is 1. The van der Waals surface area contributed by atoms with E-state index in [2.05, 4.69) is 5.10 Å². The fourth-order valence-corrected chi connectivity index (χ4v) is 2.24. The zero-order valence-corrected chi connectivity index (χ0v) is 11.8. The van der Waals surface area contributed by atoms with Gasteiger partial charge in [0.2, 0.25) is 0 Å². The van der Waals surface area contributed by atoms with Gasteiger partial charge in [-0.2, -0.15) is 5.10 Å². The second-order valence-electron chi connectivity index (χ2n) is 4.58. The number of morpholine rings is 1. The van der Waals surface area contributed by atoms with E-state index in [0.29, 0.717) is 24.5 Å². The summed E-state index contributed by atoms with van der Waals surface area (Å²) in [6, 6.07) is -0.754. The number of nitrogens with zero attached hydrogens (tertiary/aromatic N) is 3. The van der Waals surface area contributed by atoms with Gasteiger partial charge in [0, 0.05) is 13.6 Å². The van der Waals surface area contributed by atoms with E-state index in [4.69, 9.17) is 15.2 Å². The monoisotopic (exact) mass is 282 g/mol. The Hall–Kier alpha value is -2.09. The van der Waals surface area contributed by atoms with E-state index < -0.39 is 12.0 Å². The third-order valence-electron chi connectivity index (χ3n) is 3.33. The van der Waals surface area contributed by atoms with Gasteiger partial charge >= 0.3 is 5.97 Å². The van der Waals surface area contributed by atoms with E-state index in [1.54, 1.807) is 14.0 Å². The molecule has 2 rings (SSSR count). The van der Waals surface area contributed by atoms with Crippen LogP contribution in [-0.2, 0) is 21.3 Å². The number of aryl methyl sites for hydroxylation is 2. The number of methoxy groups -OCH3 is 1. The van der Waals surface area contributed by atoms with Crippen LogP contribution in [0, 0.1) is 6.92 Å². The summed E-state index contributed by atoms with van der Waals surface area (Å²) >= 11 is 0. The van der Waals surface area contributed by atoms with Crippen LogP contribution in [0.3, 0.4) is 0 Å². The minimum atomic E-state index is -0.754. The Labute approximate surface area is 116 Å². The van der Waals surface area contributed by atoms with Gasteiger partial charge in [-0.05, 0) is 6.92 Å². The lowest BCUT2D eigenvalue weighted by Crippen LogP contribution is -2.53. The Kier molecular flexibility index (Phi) is 3.93. The van der Waals surface area contributed by atoms with E-state index in [-0.39, 0.29) is 18.2 Å². The molecule has 0 aliphatic carbocycles. The van der Waals surface area contributed by atoms with Gasteiger partial charge in [0.15, 0.2) is 6.04 Å². The summed E-state index contributed by atoms with van der Waals surface area (Å²) in [7, 11) is 2.92. The maximum Gasteiger partial charge on any atom is 0.331 e. The highest BCUT2D eigenvalue weighted by atomic mass is 16.5. The van der Waals surface area contributed by atoms with Gasteiger partial charge in [-0.1, -0.05) is 0 Å². The van der Waals surface area contributed by atoms with E-state index in [1.165, 1.54) is 16.7 Å². The van der Waals surface area contributed by atoms with Gasteiger partial charge < -0.3 is 20.1 Å². The van der Waals surface area contributed by atoms with Gasteiger partial charge in [0.1, 0.15) is 5.69 Å². The van der Waals surface area contributed by atoms with Crippen LogP contribution < -0.4 is 5.73 Å². The number of ether oxygens (including phenoxy) is 2. The smallest absolute Gasteiger partial charge is 0.331 e. The van der Waals surface area contributed by atoms with Crippen LogP contribution in [-0.4, -0.2) is 59.5 Å². The molecule has 110 valence electrons. The average molecular weight is 282 g/mol. The summed E-state index contributed by atoms with van der Waals surface area (Å²) in [5.41, 5.74) is 7.07. The zero-order chi connectivity index (χ0) is 14.9. The van der Waals surface area contributed by atoms with Gasteiger partial charge in [-0.25, -0.2) is 4.79 Å². The van der Waals surface area contributed by atoms with Crippen molar-refractivity contribution in [1.29, 1.82) is 0 Å². The number of nitrogens with two attached hydrogens (primary N) is 1. The third kappa shape index (κ3) is 2.34. The number of rotatable bonds is 2. The van der Waals surface area contributed by atoms with Crippen LogP contribution in [0.2, 0.25) is 0 Å². The molecule has 1 fully saturated rings. The molecule has 0 saturated carbocycles. The predicted octanol–water partition coefficient (Wildman–Crippen LogP) is -0.675. The van der Waals surface area contributed by atoms with Crippen molar-refractivity contribution in [2.45, 2.75) is 13.0 Å². The van der Waals surface area contributed by atoms with Gasteiger partial charge in [-0.15, -0.1) is 0 Å².